The van der Waals surface area contributed by atoms with Gasteiger partial charge in [-0.1, -0.05) is 35.9 Å². The molecule has 0 aliphatic carbocycles. The first-order chi connectivity index (χ1) is 10.9. The van der Waals surface area contributed by atoms with Crippen LogP contribution < -0.4 is 5.32 Å². The predicted molar refractivity (Wildman–Crippen MR) is 83.8 cm³/mol. The lowest BCUT2D eigenvalue weighted by molar-refractivity contribution is -0.121. The molecule has 0 fully saturated rings. The Morgan fingerprint density at radius 3 is 2.39 bits per heavy atom. The molecule has 5 heteroatoms. The van der Waals surface area contributed by atoms with Crippen LogP contribution in [0, 0.1) is 18.6 Å². The minimum atomic E-state index is -1.46. The molecule has 2 rings (SSSR count). The second-order valence-corrected chi connectivity index (χ2v) is 5.60. The van der Waals surface area contributed by atoms with Crippen molar-refractivity contribution in [2.75, 3.05) is 0 Å². The highest BCUT2D eigenvalue weighted by Gasteiger charge is 2.24. The maximum atomic E-state index is 13.7. The Balaban J connectivity index is 2.03. The highest BCUT2D eigenvalue weighted by molar-refractivity contribution is 5.79. The first-order valence-corrected chi connectivity index (χ1v) is 7.35. The largest absolute Gasteiger partial charge is 0.386 e. The second-order valence-electron chi connectivity index (χ2n) is 5.60. The van der Waals surface area contributed by atoms with Crippen molar-refractivity contribution in [3.63, 3.8) is 0 Å². The van der Waals surface area contributed by atoms with Crippen LogP contribution in [-0.4, -0.2) is 17.1 Å². The van der Waals surface area contributed by atoms with E-state index in [1.165, 1.54) is 13.0 Å². The fourth-order valence-electron chi connectivity index (χ4n) is 2.43. The molecule has 0 saturated carbocycles. The standard InChI is InChI=1S/C18H19F2NO2/c1-11-5-3-6-13(9-11)10-16(22)21-12(2)18(23)17-14(19)7-4-8-15(17)20/h3-9,12,18,23H,10H2,1-2H3,(H,21,22)/t12-,18+/m0/s1. The van der Waals surface area contributed by atoms with Crippen molar-refractivity contribution in [3.8, 4) is 0 Å². The van der Waals surface area contributed by atoms with Crippen LogP contribution in [0.1, 0.15) is 29.7 Å². The highest BCUT2D eigenvalue weighted by atomic mass is 19.1. The summed E-state index contributed by atoms with van der Waals surface area (Å²) in [7, 11) is 0. The smallest absolute Gasteiger partial charge is 0.224 e. The number of rotatable bonds is 5. The summed E-state index contributed by atoms with van der Waals surface area (Å²) in [6.45, 7) is 3.43. The summed E-state index contributed by atoms with van der Waals surface area (Å²) in [5, 5.41) is 12.7. The zero-order valence-corrected chi connectivity index (χ0v) is 13.0. The van der Waals surface area contributed by atoms with E-state index in [-0.39, 0.29) is 12.3 Å². The number of hydrogen-bond donors (Lipinski definition) is 2. The average molecular weight is 319 g/mol. The number of halogens is 2. The van der Waals surface area contributed by atoms with Gasteiger partial charge < -0.3 is 10.4 Å². The molecule has 23 heavy (non-hydrogen) atoms. The molecule has 2 atom stereocenters. The minimum Gasteiger partial charge on any atom is -0.386 e. The van der Waals surface area contributed by atoms with Crippen LogP contribution >= 0.6 is 0 Å². The van der Waals surface area contributed by atoms with E-state index in [0.29, 0.717) is 0 Å². The summed E-state index contributed by atoms with van der Waals surface area (Å²) in [5.74, 6) is -1.99. The SMILES string of the molecule is Cc1cccc(CC(=O)N[C@@H](C)[C@@H](O)c2c(F)cccc2F)c1. The Labute approximate surface area is 134 Å². The first-order valence-electron chi connectivity index (χ1n) is 7.35. The third-order valence-corrected chi connectivity index (χ3v) is 3.60. The molecule has 2 aromatic carbocycles. The van der Waals surface area contributed by atoms with E-state index < -0.39 is 29.3 Å². The van der Waals surface area contributed by atoms with Crippen molar-refractivity contribution < 1.29 is 18.7 Å². The summed E-state index contributed by atoms with van der Waals surface area (Å²) in [6, 6.07) is 10.0. The Bertz CT molecular complexity index is 683. The fraction of sp³-hybridized carbons (Fsp3) is 0.278. The van der Waals surface area contributed by atoms with E-state index in [1.807, 2.05) is 31.2 Å². The maximum Gasteiger partial charge on any atom is 0.224 e. The van der Waals surface area contributed by atoms with E-state index in [1.54, 1.807) is 0 Å². The van der Waals surface area contributed by atoms with E-state index in [2.05, 4.69) is 5.32 Å². The summed E-state index contributed by atoms with van der Waals surface area (Å²) in [4.78, 5) is 12.0. The van der Waals surface area contributed by atoms with Crippen LogP contribution in [0.15, 0.2) is 42.5 Å². The summed E-state index contributed by atoms with van der Waals surface area (Å²) in [6.07, 6.45) is -1.32. The molecule has 1 amide bonds. The van der Waals surface area contributed by atoms with Gasteiger partial charge in [0.1, 0.15) is 17.7 Å². The van der Waals surface area contributed by atoms with Gasteiger partial charge in [-0.2, -0.15) is 0 Å². The van der Waals surface area contributed by atoms with Gasteiger partial charge in [0.25, 0.3) is 0 Å². The van der Waals surface area contributed by atoms with Crippen LogP contribution in [0.25, 0.3) is 0 Å². The van der Waals surface area contributed by atoms with Crippen molar-refractivity contribution in [1.82, 2.24) is 5.32 Å². The van der Waals surface area contributed by atoms with Crippen molar-refractivity contribution in [3.05, 3.63) is 70.8 Å². The van der Waals surface area contributed by atoms with Crippen molar-refractivity contribution in [2.45, 2.75) is 32.4 Å². The molecule has 0 heterocycles. The van der Waals surface area contributed by atoms with Crippen LogP contribution in [0.3, 0.4) is 0 Å². The lowest BCUT2D eigenvalue weighted by Gasteiger charge is -2.21. The third-order valence-electron chi connectivity index (χ3n) is 3.60. The van der Waals surface area contributed by atoms with Gasteiger partial charge in [0.05, 0.1) is 18.0 Å². The first kappa shape index (κ1) is 17.1. The number of carbonyl (C=O) groups excluding carboxylic acids is 1. The molecule has 122 valence electrons. The van der Waals surface area contributed by atoms with Crippen molar-refractivity contribution in [2.24, 2.45) is 0 Å². The summed E-state index contributed by atoms with van der Waals surface area (Å²) < 4.78 is 27.4. The molecular weight excluding hydrogens is 300 g/mol. The van der Waals surface area contributed by atoms with Crippen LogP contribution in [0.4, 0.5) is 8.78 Å². The van der Waals surface area contributed by atoms with E-state index in [9.17, 15) is 18.7 Å². The number of benzene rings is 2. The molecule has 0 saturated heterocycles. The second kappa shape index (κ2) is 7.33. The Hall–Kier alpha value is -2.27. The molecule has 0 aliphatic rings. The molecule has 0 bridgehead atoms. The van der Waals surface area contributed by atoms with Crippen LogP contribution in [-0.2, 0) is 11.2 Å². The normalized spacial score (nSPS) is 13.4. The van der Waals surface area contributed by atoms with Gasteiger partial charge in [-0.05, 0) is 31.5 Å². The molecule has 0 aliphatic heterocycles. The van der Waals surface area contributed by atoms with Crippen LogP contribution in [0.2, 0.25) is 0 Å². The van der Waals surface area contributed by atoms with Gasteiger partial charge in [-0.25, -0.2) is 8.78 Å². The lowest BCUT2D eigenvalue weighted by atomic mass is 10.0. The minimum absolute atomic E-state index is 0.137. The molecule has 0 radical (unpaired) electrons. The number of aliphatic hydroxyl groups is 1. The van der Waals surface area contributed by atoms with Crippen LogP contribution in [0.5, 0.6) is 0 Å². The number of nitrogens with one attached hydrogen (secondary N) is 1. The van der Waals surface area contributed by atoms with Gasteiger partial charge in [-0.15, -0.1) is 0 Å². The molecule has 0 unspecified atom stereocenters. The monoisotopic (exact) mass is 319 g/mol. The zero-order chi connectivity index (χ0) is 17.0. The van der Waals surface area contributed by atoms with Gasteiger partial charge in [0.2, 0.25) is 5.91 Å². The zero-order valence-electron chi connectivity index (χ0n) is 13.0. The molecule has 0 aromatic heterocycles. The lowest BCUT2D eigenvalue weighted by Crippen LogP contribution is -2.38. The topological polar surface area (TPSA) is 49.3 Å². The molecule has 2 N–H and O–H groups in total. The quantitative estimate of drug-likeness (QED) is 0.890. The third kappa shape index (κ3) is 4.36. The molecular formula is C18H19F2NO2. The number of hydrogen-bond acceptors (Lipinski definition) is 2. The molecule has 2 aromatic rings. The van der Waals surface area contributed by atoms with Crippen molar-refractivity contribution >= 4 is 5.91 Å². The number of aryl methyl sites for hydroxylation is 1. The summed E-state index contributed by atoms with van der Waals surface area (Å²) in [5.41, 5.74) is 1.44. The Morgan fingerprint density at radius 2 is 1.78 bits per heavy atom. The molecule has 3 nitrogen and oxygen atoms in total. The maximum absolute atomic E-state index is 13.7. The summed E-state index contributed by atoms with van der Waals surface area (Å²) >= 11 is 0. The fourth-order valence-corrected chi connectivity index (χ4v) is 2.43. The van der Waals surface area contributed by atoms with E-state index in [4.69, 9.17) is 0 Å². The van der Waals surface area contributed by atoms with Gasteiger partial charge in [-0.3, -0.25) is 4.79 Å². The van der Waals surface area contributed by atoms with Crippen molar-refractivity contribution in [1.29, 1.82) is 0 Å². The average Bonchev–Trinajstić information content (AvgIpc) is 2.46. The number of amides is 1. The Kier molecular flexibility index (Phi) is 5.45. The number of aliphatic hydroxyl groups excluding tert-OH is 1. The van der Waals surface area contributed by atoms with Gasteiger partial charge >= 0.3 is 0 Å². The van der Waals surface area contributed by atoms with Gasteiger partial charge in [0.15, 0.2) is 0 Å². The highest BCUT2D eigenvalue weighted by Crippen LogP contribution is 2.23. The van der Waals surface area contributed by atoms with E-state index in [0.717, 1.165) is 23.3 Å². The van der Waals surface area contributed by atoms with Gasteiger partial charge in [0, 0.05) is 0 Å². The number of carbonyl (C=O) groups is 1. The molecule has 0 spiro atoms. The van der Waals surface area contributed by atoms with E-state index >= 15 is 0 Å². The predicted octanol–water partition coefficient (Wildman–Crippen LogP) is 3.05. The Morgan fingerprint density at radius 1 is 1.17 bits per heavy atom.